The molecule has 6 nitrogen and oxygen atoms in total. The molecule has 0 aliphatic rings. The summed E-state index contributed by atoms with van der Waals surface area (Å²) >= 11 is 0. The van der Waals surface area contributed by atoms with E-state index in [4.69, 9.17) is 17.5 Å². The molecule has 0 aliphatic heterocycles. The Morgan fingerprint density at radius 2 is 1.92 bits per heavy atom. The number of nitrogens with zero attached hydrogens (tertiary/aromatic N) is 1. The summed E-state index contributed by atoms with van der Waals surface area (Å²) in [5, 5.41) is 0. The minimum absolute atomic E-state index is 0. The van der Waals surface area contributed by atoms with Crippen LogP contribution >= 0.6 is 0 Å². The van der Waals surface area contributed by atoms with Crippen LogP contribution < -0.4 is 56.0 Å². The molecular weight excluding hydrogens is 223 g/mol. The largest absolute Gasteiger partial charge is 1.00 e. The Morgan fingerprint density at radius 1 is 1.46 bits per heavy atom. The van der Waals surface area contributed by atoms with Crippen LogP contribution in [0.1, 0.15) is 6.92 Å². The van der Waals surface area contributed by atoms with Crippen LogP contribution in [-0.4, -0.2) is 22.5 Å². The van der Waals surface area contributed by atoms with E-state index in [0.717, 1.165) is 6.54 Å². The number of nitrogens with one attached hydrogen (secondary N) is 1. The van der Waals surface area contributed by atoms with Gasteiger partial charge in [0.1, 0.15) is 12.4 Å². The first kappa shape index (κ1) is 16.2. The van der Waals surface area contributed by atoms with Crippen molar-refractivity contribution in [3.63, 3.8) is 0 Å². The van der Waals surface area contributed by atoms with E-state index in [0.29, 0.717) is 0 Å². The summed E-state index contributed by atoms with van der Waals surface area (Å²) in [6.07, 6.45) is 5.84. The molecule has 0 atom stereocenters. The number of imidazole rings is 1. The van der Waals surface area contributed by atoms with E-state index in [1.165, 1.54) is 0 Å². The van der Waals surface area contributed by atoms with Crippen LogP contribution in [-0.2, 0) is 16.9 Å². The Bertz CT molecular complexity index is 288. The van der Waals surface area contributed by atoms with Crippen molar-refractivity contribution in [1.29, 1.82) is 0 Å². The van der Waals surface area contributed by atoms with Crippen LogP contribution in [0.4, 0.5) is 0 Å². The normalized spacial score (nSPS) is 9.46. The van der Waals surface area contributed by atoms with Gasteiger partial charge in [-0.05, 0) is 6.92 Å². The van der Waals surface area contributed by atoms with Crippen LogP contribution in [0.5, 0.6) is 0 Å². The fourth-order valence-electron chi connectivity index (χ4n) is 0.517. The van der Waals surface area contributed by atoms with Gasteiger partial charge in [-0.25, -0.2) is 4.57 Å². The van der Waals surface area contributed by atoms with Gasteiger partial charge < -0.3 is 9.11 Å². The Kier molecular flexibility index (Phi) is 10.0. The fraction of sp³-hybridized carbons (Fsp3) is 0.400. The third-order valence-electron chi connectivity index (χ3n) is 0.968. The van der Waals surface area contributed by atoms with Gasteiger partial charge in [0.2, 0.25) is 6.33 Å². The third-order valence-corrected chi connectivity index (χ3v) is 0.968. The maximum atomic E-state index is 8.52. The second-order valence-electron chi connectivity index (χ2n) is 1.85. The number of hydrogen-bond acceptors (Lipinski definition) is 4. The number of aromatic nitrogens is 2. The molecule has 1 rings (SSSR count). The van der Waals surface area contributed by atoms with Crippen molar-refractivity contribution in [3.8, 4) is 0 Å². The van der Waals surface area contributed by atoms with Crippen molar-refractivity contribution in [2.24, 2.45) is 0 Å². The molecule has 1 aromatic rings. The smallest absolute Gasteiger partial charge is 0.759 e. The Labute approximate surface area is 119 Å². The second-order valence-corrected chi connectivity index (χ2v) is 2.67. The van der Waals surface area contributed by atoms with Crippen LogP contribution in [0.3, 0.4) is 0 Å². The van der Waals surface area contributed by atoms with Crippen molar-refractivity contribution in [1.82, 2.24) is 4.98 Å². The van der Waals surface area contributed by atoms with Gasteiger partial charge in [-0.2, -0.15) is 0 Å². The summed E-state index contributed by atoms with van der Waals surface area (Å²) < 4.78 is 36.2. The van der Waals surface area contributed by atoms with Gasteiger partial charge in [0.15, 0.2) is 0 Å². The molecular formula is C5H9KN2O4S. The molecule has 0 spiro atoms. The predicted octanol–water partition coefficient (Wildman–Crippen LogP) is -4.01. The van der Waals surface area contributed by atoms with Crippen LogP contribution in [0, 0.1) is 0 Å². The molecule has 0 saturated carbocycles. The molecule has 0 radical (unpaired) electrons. The summed E-state index contributed by atoms with van der Waals surface area (Å²) in [6.45, 7) is 3.15. The number of H-pyrrole nitrogens is 1. The second kappa shape index (κ2) is 8.06. The molecule has 0 aliphatic carbocycles. The number of rotatable bonds is 1. The van der Waals surface area contributed by atoms with Gasteiger partial charge in [0, 0.05) is 10.4 Å². The van der Waals surface area contributed by atoms with Crippen LogP contribution in [0.2, 0.25) is 0 Å². The van der Waals surface area contributed by atoms with E-state index in [1.807, 2.05) is 18.7 Å². The Morgan fingerprint density at radius 3 is 2.08 bits per heavy atom. The topological polar surface area (TPSA) is 99.9 Å². The van der Waals surface area contributed by atoms with E-state index in [2.05, 4.69) is 16.5 Å². The zero-order chi connectivity index (χ0) is 9.61. The number of hydrogen-bond donors (Lipinski definition) is 1. The van der Waals surface area contributed by atoms with Crippen molar-refractivity contribution < 1.29 is 73.5 Å². The molecule has 8 heteroatoms. The van der Waals surface area contributed by atoms with Crippen molar-refractivity contribution >= 4 is 10.4 Å². The first-order chi connectivity index (χ1) is 5.43. The number of aryl methyl sites for hydroxylation is 1. The molecule has 1 heterocycles. The van der Waals surface area contributed by atoms with E-state index in [9.17, 15) is 0 Å². The van der Waals surface area contributed by atoms with E-state index in [-0.39, 0.29) is 51.4 Å². The molecule has 0 bridgehead atoms. The first-order valence-electron chi connectivity index (χ1n) is 3.12. The quantitative estimate of drug-likeness (QED) is 0.231. The average molecular weight is 232 g/mol. The van der Waals surface area contributed by atoms with Crippen molar-refractivity contribution in [2.75, 3.05) is 0 Å². The van der Waals surface area contributed by atoms with Crippen molar-refractivity contribution in [3.05, 3.63) is 18.7 Å². The summed E-state index contributed by atoms with van der Waals surface area (Å²) in [5.41, 5.74) is 0. The van der Waals surface area contributed by atoms with E-state index < -0.39 is 10.4 Å². The fourth-order valence-corrected chi connectivity index (χ4v) is 0.517. The number of aromatic amines is 1. The monoisotopic (exact) mass is 232 g/mol. The van der Waals surface area contributed by atoms with E-state index in [1.54, 1.807) is 0 Å². The predicted molar refractivity (Wildman–Crippen MR) is 37.1 cm³/mol. The maximum Gasteiger partial charge on any atom is 1.00 e. The SMILES string of the molecule is CC[n+]1cc[nH]c1.O=S(=O)([O-])[O-].[K+]. The molecule has 1 N–H and O–H groups in total. The molecule has 0 aromatic carbocycles. The van der Waals surface area contributed by atoms with Gasteiger partial charge >= 0.3 is 51.4 Å². The summed E-state index contributed by atoms with van der Waals surface area (Å²) in [5.74, 6) is 0. The molecule has 1 aromatic heterocycles. The third kappa shape index (κ3) is 15.5. The average Bonchev–Trinajstić information content (AvgIpc) is 2.33. The zero-order valence-electron chi connectivity index (χ0n) is 7.43. The van der Waals surface area contributed by atoms with Crippen molar-refractivity contribution in [2.45, 2.75) is 13.5 Å². The zero-order valence-corrected chi connectivity index (χ0v) is 11.4. The minimum Gasteiger partial charge on any atom is -0.759 e. The summed E-state index contributed by atoms with van der Waals surface area (Å²) in [4.78, 5) is 2.94. The summed E-state index contributed by atoms with van der Waals surface area (Å²) in [6, 6.07) is 0. The van der Waals surface area contributed by atoms with Gasteiger partial charge in [-0.15, -0.1) is 0 Å². The molecule has 0 fully saturated rings. The van der Waals surface area contributed by atoms with E-state index >= 15 is 0 Å². The molecule has 70 valence electrons. The minimum atomic E-state index is -5.17. The van der Waals surface area contributed by atoms with Crippen LogP contribution in [0.15, 0.2) is 18.7 Å². The van der Waals surface area contributed by atoms with Gasteiger partial charge in [0.25, 0.3) is 0 Å². The Balaban J connectivity index is 0. The summed E-state index contributed by atoms with van der Waals surface area (Å²) in [7, 11) is -5.17. The molecule has 0 saturated heterocycles. The standard InChI is InChI=1S/C5H8N2.K.H2O4S/c1-2-7-4-3-6-5-7;;1-5(2,3)4/h3-5H,2H2,1H3;;(H2,1,2,3,4)/q;+1;/p-1. The molecule has 13 heavy (non-hydrogen) atoms. The Hall–Kier alpha value is 0.716. The van der Waals surface area contributed by atoms with Crippen LogP contribution in [0.25, 0.3) is 0 Å². The first-order valence-corrected chi connectivity index (χ1v) is 4.45. The van der Waals surface area contributed by atoms with Gasteiger partial charge in [0.05, 0.1) is 6.54 Å². The molecule has 0 unspecified atom stereocenters. The van der Waals surface area contributed by atoms with Gasteiger partial charge in [-0.1, -0.05) is 0 Å². The molecule has 0 amide bonds. The van der Waals surface area contributed by atoms with Gasteiger partial charge in [-0.3, -0.25) is 13.4 Å². The maximum absolute atomic E-state index is 8.52.